The first kappa shape index (κ1) is 25.1. The minimum Gasteiger partial charge on any atom is -0.308 e. The molecule has 0 aromatic carbocycles. The molecule has 0 unspecified atom stereocenters. The van der Waals surface area contributed by atoms with Crippen LogP contribution in [0.1, 0.15) is 55.4 Å². The number of hydrazine groups is 1. The van der Waals surface area contributed by atoms with Crippen molar-refractivity contribution in [3.05, 3.63) is 0 Å². The fourth-order valence-corrected chi connectivity index (χ4v) is 1.89. The Morgan fingerprint density at radius 2 is 1.21 bits per heavy atom. The third-order valence-corrected chi connectivity index (χ3v) is 3.37. The lowest BCUT2D eigenvalue weighted by Crippen LogP contribution is -2.51. The van der Waals surface area contributed by atoms with Gasteiger partial charge in [0, 0.05) is 24.0 Å². The van der Waals surface area contributed by atoms with Gasteiger partial charge >= 0.3 is 0 Å². The van der Waals surface area contributed by atoms with E-state index in [1.807, 2.05) is 65.4 Å². The van der Waals surface area contributed by atoms with Crippen LogP contribution in [0.2, 0.25) is 0 Å². The van der Waals surface area contributed by atoms with Gasteiger partial charge in [0.15, 0.2) is 0 Å². The Balaban J connectivity index is 0. The monoisotopic (exact) mass is 343 g/mol. The molecule has 0 fully saturated rings. The van der Waals surface area contributed by atoms with Gasteiger partial charge in [0.05, 0.1) is 19.6 Å². The van der Waals surface area contributed by atoms with Crippen molar-refractivity contribution in [1.29, 1.82) is 0 Å². The number of hydrogen-bond donors (Lipinski definition) is 1. The molecule has 0 atom stereocenters. The molecule has 0 aliphatic heterocycles. The van der Waals surface area contributed by atoms with Crippen molar-refractivity contribution >= 4 is 18.4 Å². The van der Waals surface area contributed by atoms with Gasteiger partial charge in [0.1, 0.15) is 18.4 Å². The first-order valence-electron chi connectivity index (χ1n) is 8.74. The third kappa shape index (κ3) is 12.3. The number of nitrogens with one attached hydrogen (secondary N) is 1. The number of carbonyl (C=O) groups excluding carboxylic acids is 3. The third-order valence-electron chi connectivity index (χ3n) is 3.37. The van der Waals surface area contributed by atoms with E-state index in [4.69, 9.17) is 0 Å². The zero-order valence-corrected chi connectivity index (χ0v) is 16.7. The Hall–Kier alpha value is -1.11. The van der Waals surface area contributed by atoms with Crippen molar-refractivity contribution in [2.24, 2.45) is 5.92 Å². The largest absolute Gasteiger partial charge is 0.308 e. The van der Waals surface area contributed by atoms with Crippen LogP contribution in [0.3, 0.4) is 0 Å². The topological polar surface area (TPSA) is 69.7 Å². The second-order valence-electron chi connectivity index (χ2n) is 6.92. The molecule has 24 heavy (non-hydrogen) atoms. The zero-order chi connectivity index (χ0) is 19.3. The predicted molar refractivity (Wildman–Crippen MR) is 98.8 cm³/mol. The molecule has 0 heterocycles. The Bertz CT molecular complexity index is 335. The molecule has 0 aliphatic carbocycles. The van der Waals surface area contributed by atoms with Crippen LogP contribution in [0, 0.1) is 5.92 Å². The summed E-state index contributed by atoms with van der Waals surface area (Å²) in [6, 6.07) is 0.854. The Labute approximate surface area is 147 Å². The highest BCUT2D eigenvalue weighted by Gasteiger charge is 2.20. The molecule has 0 saturated carbocycles. The number of aldehydes is 2. The predicted octanol–water partition coefficient (Wildman–Crippen LogP) is 1.93. The number of hydrogen-bond acceptors (Lipinski definition) is 6. The smallest absolute Gasteiger partial charge is 0.149 e. The summed E-state index contributed by atoms with van der Waals surface area (Å²) >= 11 is 0. The normalized spacial score (nSPS) is 11.4. The number of nitrogens with zero attached hydrogens (tertiary/aromatic N) is 2. The molecule has 0 aromatic heterocycles. The van der Waals surface area contributed by atoms with Crippen molar-refractivity contribution in [2.75, 3.05) is 19.6 Å². The number of Topliss-reactive ketones (excluding diaryl/α,β-unsaturated/α-hetero) is 1. The van der Waals surface area contributed by atoms with Gasteiger partial charge in [0.25, 0.3) is 0 Å². The number of rotatable bonds is 11. The first-order valence-corrected chi connectivity index (χ1v) is 8.74. The van der Waals surface area contributed by atoms with Gasteiger partial charge in [0.2, 0.25) is 0 Å². The summed E-state index contributed by atoms with van der Waals surface area (Å²) in [6.07, 6.45) is 1.72. The van der Waals surface area contributed by atoms with Crippen molar-refractivity contribution < 1.29 is 14.4 Å². The molecule has 142 valence electrons. The molecule has 0 amide bonds. The minimum atomic E-state index is 0.159. The second-order valence-corrected chi connectivity index (χ2v) is 6.92. The van der Waals surface area contributed by atoms with E-state index in [1.165, 1.54) is 0 Å². The molecule has 0 aliphatic rings. The Kier molecular flexibility index (Phi) is 14.9. The summed E-state index contributed by atoms with van der Waals surface area (Å²) in [4.78, 5) is 32.0. The summed E-state index contributed by atoms with van der Waals surface area (Å²) in [5.41, 5.74) is 0. The second kappa shape index (κ2) is 14.3. The quantitative estimate of drug-likeness (QED) is 0.457. The zero-order valence-electron chi connectivity index (χ0n) is 16.7. The molecule has 6 heteroatoms. The average Bonchev–Trinajstić information content (AvgIpc) is 2.48. The fourth-order valence-electron chi connectivity index (χ4n) is 1.89. The standard InChI is InChI=1S/C10H20N2O2.C8H17NO/c1-9(2)11(5-7-13)12(6-8-14)10(3)4;1-6(2)8(10)5-9-7(3)4/h7-10H,5-6H2,1-4H3;6-7,9H,5H2,1-4H3. The lowest BCUT2D eigenvalue weighted by atomic mass is 10.1. The van der Waals surface area contributed by atoms with Gasteiger partial charge in [-0.2, -0.15) is 0 Å². The SMILES string of the molecule is CC(C)N(CC=O)N(CC=O)C(C)C.CC(C)NCC(=O)C(C)C. The maximum Gasteiger partial charge on any atom is 0.149 e. The molecule has 0 saturated heterocycles. The van der Waals surface area contributed by atoms with E-state index >= 15 is 0 Å². The van der Waals surface area contributed by atoms with Gasteiger partial charge in [-0.05, 0) is 27.7 Å². The Morgan fingerprint density at radius 1 is 0.833 bits per heavy atom. The lowest BCUT2D eigenvalue weighted by Gasteiger charge is -2.38. The van der Waals surface area contributed by atoms with E-state index in [0.717, 1.165) is 12.6 Å². The maximum atomic E-state index is 11.0. The highest BCUT2D eigenvalue weighted by molar-refractivity contribution is 5.82. The summed E-state index contributed by atoms with van der Waals surface area (Å²) in [5, 5.41) is 6.89. The van der Waals surface area contributed by atoms with Crippen LogP contribution in [-0.2, 0) is 14.4 Å². The van der Waals surface area contributed by atoms with Crippen LogP contribution in [0.25, 0.3) is 0 Å². The minimum absolute atomic E-state index is 0.159. The van der Waals surface area contributed by atoms with Gasteiger partial charge in [-0.25, -0.2) is 10.0 Å². The highest BCUT2D eigenvalue weighted by atomic mass is 16.1. The maximum absolute atomic E-state index is 11.0. The van der Waals surface area contributed by atoms with Crippen LogP contribution in [-0.4, -0.2) is 66.1 Å². The van der Waals surface area contributed by atoms with Crippen LogP contribution < -0.4 is 5.32 Å². The van der Waals surface area contributed by atoms with Crippen LogP contribution in [0.5, 0.6) is 0 Å². The number of carbonyl (C=O) groups is 3. The highest BCUT2D eigenvalue weighted by Crippen LogP contribution is 2.07. The molecule has 1 N–H and O–H groups in total. The van der Waals surface area contributed by atoms with Crippen LogP contribution in [0.4, 0.5) is 0 Å². The van der Waals surface area contributed by atoms with E-state index in [9.17, 15) is 14.4 Å². The first-order chi connectivity index (χ1) is 11.1. The molecule has 0 rings (SSSR count). The van der Waals surface area contributed by atoms with Crippen molar-refractivity contribution in [3.8, 4) is 0 Å². The lowest BCUT2D eigenvalue weighted by molar-refractivity contribution is -0.127. The van der Waals surface area contributed by atoms with Gasteiger partial charge in [-0.1, -0.05) is 27.7 Å². The van der Waals surface area contributed by atoms with Crippen LogP contribution in [0.15, 0.2) is 0 Å². The van der Waals surface area contributed by atoms with E-state index in [0.29, 0.717) is 25.7 Å². The molecule has 0 bridgehead atoms. The summed E-state index contributed by atoms with van der Waals surface area (Å²) in [7, 11) is 0. The van der Waals surface area contributed by atoms with Gasteiger partial charge in [-0.15, -0.1) is 0 Å². The summed E-state index contributed by atoms with van der Waals surface area (Å²) < 4.78 is 0. The van der Waals surface area contributed by atoms with Gasteiger partial charge in [-0.3, -0.25) is 4.79 Å². The van der Waals surface area contributed by atoms with E-state index in [-0.39, 0.29) is 23.8 Å². The van der Waals surface area contributed by atoms with E-state index in [2.05, 4.69) is 5.32 Å². The summed E-state index contributed by atoms with van der Waals surface area (Å²) in [6.45, 7) is 17.1. The van der Waals surface area contributed by atoms with Gasteiger partial charge < -0.3 is 14.9 Å². The van der Waals surface area contributed by atoms with Crippen molar-refractivity contribution in [1.82, 2.24) is 15.3 Å². The molecule has 6 nitrogen and oxygen atoms in total. The van der Waals surface area contributed by atoms with Crippen molar-refractivity contribution in [2.45, 2.75) is 73.5 Å². The van der Waals surface area contributed by atoms with E-state index in [1.54, 1.807) is 0 Å². The molecular weight excluding hydrogens is 306 g/mol. The molecule has 0 radical (unpaired) electrons. The van der Waals surface area contributed by atoms with E-state index < -0.39 is 0 Å². The van der Waals surface area contributed by atoms with Crippen LogP contribution >= 0.6 is 0 Å². The molecule has 0 spiro atoms. The molecular formula is C18H37N3O3. The Morgan fingerprint density at radius 3 is 1.42 bits per heavy atom. The molecule has 0 aromatic rings. The summed E-state index contributed by atoms with van der Waals surface area (Å²) in [5.74, 6) is 0.444. The average molecular weight is 344 g/mol. The fraction of sp³-hybridized carbons (Fsp3) is 0.833. The van der Waals surface area contributed by atoms with Crippen molar-refractivity contribution in [3.63, 3.8) is 0 Å². The number of ketones is 1.